The molecule has 110 valence electrons. The number of hydrogen-bond donors (Lipinski definition) is 2. The van der Waals surface area contributed by atoms with E-state index in [1.165, 1.54) is 18.2 Å². The monoisotopic (exact) mass is 300 g/mol. The number of urea groups is 1. The molecule has 0 atom stereocenters. The van der Waals surface area contributed by atoms with Gasteiger partial charge in [0.2, 0.25) is 0 Å². The second-order valence-electron chi connectivity index (χ2n) is 4.00. The van der Waals surface area contributed by atoms with Crippen molar-refractivity contribution < 1.29 is 19.4 Å². The second kappa shape index (κ2) is 7.72. The van der Waals surface area contributed by atoms with Crippen LogP contribution in [0.4, 0.5) is 10.5 Å². The summed E-state index contributed by atoms with van der Waals surface area (Å²) in [7, 11) is 1.56. The standard InChI is InChI=1S/C13H17ClN2O4/c1-3-16(6-7-20-2)13(19)15-11-5-4-9(12(17)18)8-10(11)14/h4-5,8H,3,6-7H2,1-2H3,(H,15,19)(H,17,18). The Balaban J connectivity index is 2.76. The minimum absolute atomic E-state index is 0.0692. The van der Waals surface area contributed by atoms with Crippen LogP contribution in [-0.2, 0) is 4.74 Å². The molecule has 1 aromatic rings. The Hall–Kier alpha value is -1.79. The predicted octanol–water partition coefficient (Wildman–Crippen LogP) is 2.54. The van der Waals surface area contributed by atoms with Crippen LogP contribution in [0, 0.1) is 0 Å². The number of aromatic carboxylic acids is 1. The van der Waals surface area contributed by atoms with Crippen molar-refractivity contribution in [1.29, 1.82) is 0 Å². The van der Waals surface area contributed by atoms with Gasteiger partial charge in [-0.1, -0.05) is 11.6 Å². The Morgan fingerprint density at radius 1 is 1.45 bits per heavy atom. The van der Waals surface area contributed by atoms with Crippen LogP contribution in [0.25, 0.3) is 0 Å². The van der Waals surface area contributed by atoms with Gasteiger partial charge in [-0.25, -0.2) is 9.59 Å². The van der Waals surface area contributed by atoms with E-state index in [4.69, 9.17) is 21.4 Å². The summed E-state index contributed by atoms with van der Waals surface area (Å²) in [5, 5.41) is 11.7. The van der Waals surface area contributed by atoms with Gasteiger partial charge in [-0.2, -0.15) is 0 Å². The topological polar surface area (TPSA) is 78.9 Å². The first-order chi connectivity index (χ1) is 9.49. The average molecular weight is 301 g/mol. The lowest BCUT2D eigenvalue weighted by molar-refractivity contribution is 0.0697. The molecule has 20 heavy (non-hydrogen) atoms. The van der Waals surface area contributed by atoms with Crippen molar-refractivity contribution in [3.05, 3.63) is 28.8 Å². The zero-order valence-electron chi connectivity index (χ0n) is 11.4. The molecule has 0 saturated heterocycles. The third-order valence-corrected chi connectivity index (χ3v) is 3.00. The summed E-state index contributed by atoms with van der Waals surface area (Å²) in [5.41, 5.74) is 0.442. The molecule has 0 aliphatic carbocycles. The lowest BCUT2D eigenvalue weighted by Crippen LogP contribution is -2.37. The van der Waals surface area contributed by atoms with Crippen LogP contribution in [0.15, 0.2) is 18.2 Å². The summed E-state index contributed by atoms with van der Waals surface area (Å²) in [5.74, 6) is -1.07. The Bertz CT molecular complexity index is 493. The molecule has 1 rings (SSSR count). The summed E-state index contributed by atoms with van der Waals surface area (Å²) in [6, 6.07) is 3.84. The van der Waals surface area contributed by atoms with E-state index in [0.717, 1.165) is 0 Å². The number of nitrogens with zero attached hydrogens (tertiary/aromatic N) is 1. The maximum Gasteiger partial charge on any atom is 0.335 e. The molecule has 0 bridgehead atoms. The van der Waals surface area contributed by atoms with Crippen molar-refractivity contribution in [2.45, 2.75) is 6.92 Å². The number of ether oxygens (including phenoxy) is 1. The zero-order chi connectivity index (χ0) is 15.1. The van der Waals surface area contributed by atoms with Crippen LogP contribution < -0.4 is 5.32 Å². The molecular formula is C13H17ClN2O4. The van der Waals surface area contributed by atoms with Crippen LogP contribution in [-0.4, -0.2) is 48.8 Å². The molecule has 1 aromatic carbocycles. The maximum absolute atomic E-state index is 12.0. The summed E-state index contributed by atoms with van der Waals surface area (Å²) >= 11 is 5.95. The van der Waals surface area contributed by atoms with E-state index in [1.54, 1.807) is 12.0 Å². The van der Waals surface area contributed by atoms with E-state index >= 15 is 0 Å². The van der Waals surface area contributed by atoms with Gasteiger partial charge in [0.25, 0.3) is 0 Å². The third kappa shape index (κ3) is 4.40. The first-order valence-electron chi connectivity index (χ1n) is 6.07. The van der Waals surface area contributed by atoms with Crippen molar-refractivity contribution >= 4 is 29.3 Å². The lowest BCUT2D eigenvalue weighted by Gasteiger charge is -2.21. The van der Waals surface area contributed by atoms with E-state index in [9.17, 15) is 9.59 Å². The van der Waals surface area contributed by atoms with Gasteiger partial charge in [0.05, 0.1) is 22.9 Å². The van der Waals surface area contributed by atoms with E-state index in [0.29, 0.717) is 25.4 Å². The number of amides is 2. The van der Waals surface area contributed by atoms with Crippen LogP contribution in [0.3, 0.4) is 0 Å². The highest BCUT2D eigenvalue weighted by atomic mass is 35.5. The lowest BCUT2D eigenvalue weighted by atomic mass is 10.2. The summed E-state index contributed by atoms with van der Waals surface area (Å²) in [4.78, 5) is 24.4. The quantitative estimate of drug-likeness (QED) is 0.846. The molecule has 2 amide bonds. The summed E-state index contributed by atoms with van der Waals surface area (Å²) in [6.45, 7) is 3.28. The molecule has 0 radical (unpaired) electrons. The Labute approximate surface area is 122 Å². The Morgan fingerprint density at radius 2 is 2.15 bits per heavy atom. The normalized spacial score (nSPS) is 10.2. The molecule has 2 N–H and O–H groups in total. The summed E-state index contributed by atoms with van der Waals surface area (Å²) in [6.07, 6.45) is 0. The van der Waals surface area contributed by atoms with Gasteiger partial charge in [-0.05, 0) is 25.1 Å². The highest BCUT2D eigenvalue weighted by molar-refractivity contribution is 6.34. The Kier molecular flexibility index (Phi) is 6.27. The van der Waals surface area contributed by atoms with Crippen LogP contribution >= 0.6 is 11.6 Å². The number of carbonyl (C=O) groups excluding carboxylic acids is 1. The fourth-order valence-corrected chi connectivity index (χ4v) is 1.78. The molecule has 0 unspecified atom stereocenters. The van der Waals surface area contributed by atoms with E-state index in [2.05, 4.69) is 5.32 Å². The minimum atomic E-state index is -1.07. The zero-order valence-corrected chi connectivity index (χ0v) is 12.1. The number of halogens is 1. The predicted molar refractivity (Wildman–Crippen MR) is 76.6 cm³/mol. The second-order valence-corrected chi connectivity index (χ2v) is 4.41. The SMILES string of the molecule is CCN(CCOC)C(=O)Nc1ccc(C(=O)O)cc1Cl. The van der Waals surface area contributed by atoms with Crippen LogP contribution in [0.2, 0.25) is 5.02 Å². The number of nitrogens with one attached hydrogen (secondary N) is 1. The van der Waals surface area contributed by atoms with Gasteiger partial charge in [0.15, 0.2) is 0 Å². The van der Waals surface area contributed by atoms with Crippen molar-refractivity contribution in [2.24, 2.45) is 0 Å². The summed E-state index contributed by atoms with van der Waals surface area (Å²) < 4.78 is 4.93. The van der Waals surface area contributed by atoms with Gasteiger partial charge in [-0.15, -0.1) is 0 Å². The fourth-order valence-electron chi connectivity index (χ4n) is 1.55. The molecule has 0 spiro atoms. The maximum atomic E-state index is 12.0. The van der Waals surface area contributed by atoms with Crippen LogP contribution in [0.5, 0.6) is 0 Å². The van der Waals surface area contributed by atoms with Crippen LogP contribution in [0.1, 0.15) is 17.3 Å². The molecule has 0 aliphatic rings. The Morgan fingerprint density at radius 3 is 2.65 bits per heavy atom. The fraction of sp³-hybridized carbons (Fsp3) is 0.385. The molecule has 6 nitrogen and oxygen atoms in total. The highest BCUT2D eigenvalue weighted by Crippen LogP contribution is 2.23. The van der Waals surface area contributed by atoms with E-state index in [-0.39, 0.29) is 16.6 Å². The molecule has 0 heterocycles. The molecular weight excluding hydrogens is 284 g/mol. The largest absolute Gasteiger partial charge is 0.478 e. The molecule has 0 aliphatic heterocycles. The number of carboxylic acid groups (broad SMARTS) is 1. The number of carbonyl (C=O) groups is 2. The molecule has 0 saturated carbocycles. The van der Waals surface area contributed by atoms with Gasteiger partial charge >= 0.3 is 12.0 Å². The highest BCUT2D eigenvalue weighted by Gasteiger charge is 2.14. The van der Waals surface area contributed by atoms with Crippen molar-refractivity contribution in [3.63, 3.8) is 0 Å². The number of benzene rings is 1. The molecule has 0 fully saturated rings. The number of likely N-dealkylation sites (N-methyl/N-ethyl adjacent to an activating group) is 1. The van der Waals surface area contributed by atoms with E-state index in [1.807, 2.05) is 6.92 Å². The number of anilines is 1. The number of methoxy groups -OCH3 is 1. The van der Waals surface area contributed by atoms with Crippen molar-refractivity contribution in [1.82, 2.24) is 4.90 Å². The first kappa shape index (κ1) is 16.3. The van der Waals surface area contributed by atoms with Crippen molar-refractivity contribution in [3.8, 4) is 0 Å². The molecule has 0 aromatic heterocycles. The average Bonchev–Trinajstić information content (AvgIpc) is 2.41. The van der Waals surface area contributed by atoms with Gasteiger partial charge in [-0.3, -0.25) is 0 Å². The molecule has 7 heteroatoms. The third-order valence-electron chi connectivity index (χ3n) is 2.69. The smallest absolute Gasteiger partial charge is 0.335 e. The first-order valence-corrected chi connectivity index (χ1v) is 6.45. The van der Waals surface area contributed by atoms with Gasteiger partial charge in [0, 0.05) is 20.2 Å². The van der Waals surface area contributed by atoms with Crippen molar-refractivity contribution in [2.75, 3.05) is 32.1 Å². The number of hydrogen-bond acceptors (Lipinski definition) is 3. The number of carboxylic acids is 1. The number of rotatable bonds is 6. The van der Waals surface area contributed by atoms with Gasteiger partial charge in [0.1, 0.15) is 0 Å². The minimum Gasteiger partial charge on any atom is -0.478 e. The van der Waals surface area contributed by atoms with Gasteiger partial charge < -0.3 is 20.1 Å². The van der Waals surface area contributed by atoms with E-state index < -0.39 is 5.97 Å².